The Bertz CT molecular complexity index is 1120. The minimum Gasteiger partial charge on any atom is -0.462 e. The molecule has 0 aromatic heterocycles. The molecule has 0 amide bonds. The third kappa shape index (κ3) is 50.4. The number of esters is 3. The Kier molecular flexibility index (Phi) is 50.8. The normalized spacial score (nSPS) is 12.4. The first-order valence-electron chi connectivity index (χ1n) is 27.6. The quantitative estimate of drug-likeness (QED) is 0.0262. The van der Waals surface area contributed by atoms with E-state index in [2.05, 4.69) is 69.4 Å². The highest BCUT2D eigenvalue weighted by molar-refractivity contribution is 5.71. The lowest BCUT2D eigenvalue weighted by Gasteiger charge is -2.18. The predicted octanol–water partition coefficient (Wildman–Crippen LogP) is 18.3. The number of rotatable bonds is 50. The molecule has 0 saturated heterocycles. The van der Waals surface area contributed by atoms with Gasteiger partial charge in [0.2, 0.25) is 0 Å². The van der Waals surface area contributed by atoms with E-state index >= 15 is 0 Å². The first-order valence-corrected chi connectivity index (χ1v) is 27.6. The summed E-state index contributed by atoms with van der Waals surface area (Å²) in [4.78, 5) is 38.1. The minimum atomic E-state index is -0.780. The molecule has 64 heavy (non-hydrogen) atoms. The highest BCUT2D eigenvalue weighted by atomic mass is 16.6. The molecule has 1 atom stereocenters. The highest BCUT2D eigenvalue weighted by Crippen LogP contribution is 2.16. The summed E-state index contributed by atoms with van der Waals surface area (Å²) in [5, 5.41) is 0. The molecule has 0 aromatic carbocycles. The Hall–Kier alpha value is -2.63. The summed E-state index contributed by atoms with van der Waals surface area (Å²) >= 11 is 0. The lowest BCUT2D eigenvalue weighted by atomic mass is 10.0. The zero-order valence-electron chi connectivity index (χ0n) is 42.6. The molecule has 0 spiro atoms. The van der Waals surface area contributed by atoms with Gasteiger partial charge in [0.1, 0.15) is 13.2 Å². The van der Waals surface area contributed by atoms with E-state index in [-0.39, 0.29) is 31.1 Å². The predicted molar refractivity (Wildman–Crippen MR) is 275 cm³/mol. The third-order valence-electron chi connectivity index (χ3n) is 12.1. The van der Waals surface area contributed by atoms with Gasteiger partial charge in [-0.2, -0.15) is 0 Å². The number of carbonyl (C=O) groups excluding carboxylic acids is 3. The average molecular weight is 897 g/mol. The second kappa shape index (κ2) is 53.0. The molecule has 0 rings (SSSR count). The van der Waals surface area contributed by atoms with E-state index in [9.17, 15) is 14.4 Å². The lowest BCUT2D eigenvalue weighted by molar-refractivity contribution is -0.167. The van der Waals surface area contributed by atoms with E-state index in [0.29, 0.717) is 19.3 Å². The molecule has 0 fully saturated rings. The standard InChI is InChI=1S/C58H104O6/c1-4-7-10-13-16-19-22-25-27-28-29-30-31-34-36-39-42-45-48-51-57(60)63-54-55(53-62-56(59)50-47-44-41-38-35-32-24-21-18-15-12-9-6-3)64-58(61)52-49-46-43-40-37-33-26-23-20-17-14-11-8-5-2/h7,10,16,19,25,27,33,37,55H,4-6,8-9,11-15,17-18,20-24,26,28-32,34-36,38-54H2,1-3H3/b10-7-,19-16-,27-25-,37-33-. The second-order valence-electron chi connectivity index (χ2n) is 18.5. The molecular weight excluding hydrogens is 793 g/mol. The molecule has 0 aliphatic carbocycles. The Morgan fingerprint density at radius 2 is 0.609 bits per heavy atom. The number of ether oxygens (including phenoxy) is 3. The van der Waals surface area contributed by atoms with Crippen LogP contribution >= 0.6 is 0 Å². The van der Waals surface area contributed by atoms with Gasteiger partial charge in [-0.1, -0.05) is 236 Å². The smallest absolute Gasteiger partial charge is 0.306 e. The van der Waals surface area contributed by atoms with Crippen molar-refractivity contribution in [3.05, 3.63) is 48.6 Å². The van der Waals surface area contributed by atoms with Crippen molar-refractivity contribution in [2.75, 3.05) is 13.2 Å². The largest absolute Gasteiger partial charge is 0.462 e. The molecule has 6 nitrogen and oxygen atoms in total. The van der Waals surface area contributed by atoms with Crippen LogP contribution in [0.5, 0.6) is 0 Å². The van der Waals surface area contributed by atoms with Crippen LogP contribution in [0.25, 0.3) is 0 Å². The van der Waals surface area contributed by atoms with Crippen LogP contribution in [0.2, 0.25) is 0 Å². The molecule has 0 aromatic rings. The van der Waals surface area contributed by atoms with Crippen LogP contribution in [-0.2, 0) is 28.6 Å². The fourth-order valence-electron chi connectivity index (χ4n) is 7.92. The minimum absolute atomic E-state index is 0.0778. The average Bonchev–Trinajstić information content (AvgIpc) is 3.29. The molecule has 0 bridgehead atoms. The van der Waals surface area contributed by atoms with Crippen LogP contribution in [0, 0.1) is 0 Å². The van der Waals surface area contributed by atoms with Gasteiger partial charge in [-0.15, -0.1) is 0 Å². The topological polar surface area (TPSA) is 78.9 Å². The maximum absolute atomic E-state index is 12.8. The van der Waals surface area contributed by atoms with Crippen molar-refractivity contribution < 1.29 is 28.6 Å². The van der Waals surface area contributed by atoms with E-state index in [4.69, 9.17) is 14.2 Å². The van der Waals surface area contributed by atoms with Gasteiger partial charge in [-0.05, 0) is 77.0 Å². The van der Waals surface area contributed by atoms with Crippen LogP contribution in [0.3, 0.4) is 0 Å². The van der Waals surface area contributed by atoms with Crippen molar-refractivity contribution in [1.29, 1.82) is 0 Å². The van der Waals surface area contributed by atoms with Crippen molar-refractivity contribution in [3.8, 4) is 0 Å². The third-order valence-corrected chi connectivity index (χ3v) is 12.1. The van der Waals surface area contributed by atoms with Crippen molar-refractivity contribution in [1.82, 2.24) is 0 Å². The van der Waals surface area contributed by atoms with Gasteiger partial charge in [0.05, 0.1) is 0 Å². The van der Waals surface area contributed by atoms with Crippen LogP contribution in [-0.4, -0.2) is 37.2 Å². The summed E-state index contributed by atoms with van der Waals surface area (Å²) < 4.78 is 16.8. The van der Waals surface area contributed by atoms with Crippen molar-refractivity contribution in [2.45, 2.75) is 290 Å². The van der Waals surface area contributed by atoms with Crippen molar-refractivity contribution >= 4 is 17.9 Å². The van der Waals surface area contributed by atoms with Gasteiger partial charge in [0, 0.05) is 19.3 Å². The summed E-state index contributed by atoms with van der Waals surface area (Å²) in [6, 6.07) is 0. The highest BCUT2D eigenvalue weighted by Gasteiger charge is 2.19. The zero-order valence-corrected chi connectivity index (χ0v) is 42.6. The van der Waals surface area contributed by atoms with Gasteiger partial charge < -0.3 is 14.2 Å². The maximum atomic E-state index is 12.8. The van der Waals surface area contributed by atoms with Crippen LogP contribution in [0.15, 0.2) is 48.6 Å². The molecule has 0 aliphatic heterocycles. The van der Waals surface area contributed by atoms with E-state index in [1.54, 1.807) is 0 Å². The van der Waals surface area contributed by atoms with Gasteiger partial charge in [-0.3, -0.25) is 14.4 Å². The Labute approximate surface area is 397 Å². The molecule has 0 radical (unpaired) electrons. The number of allylic oxidation sites excluding steroid dienone is 8. The molecule has 0 N–H and O–H groups in total. The molecular formula is C58H104O6. The van der Waals surface area contributed by atoms with Crippen LogP contribution < -0.4 is 0 Å². The van der Waals surface area contributed by atoms with E-state index in [0.717, 1.165) is 89.9 Å². The molecule has 0 aliphatic rings. The van der Waals surface area contributed by atoms with Gasteiger partial charge in [0.25, 0.3) is 0 Å². The first-order chi connectivity index (χ1) is 31.5. The van der Waals surface area contributed by atoms with Crippen LogP contribution in [0.4, 0.5) is 0 Å². The fraction of sp³-hybridized carbons (Fsp3) is 0.810. The Morgan fingerprint density at radius 1 is 0.328 bits per heavy atom. The number of carbonyl (C=O) groups is 3. The van der Waals surface area contributed by atoms with E-state index in [1.165, 1.54) is 154 Å². The van der Waals surface area contributed by atoms with Gasteiger partial charge in [-0.25, -0.2) is 0 Å². The van der Waals surface area contributed by atoms with E-state index in [1.807, 2.05) is 0 Å². The van der Waals surface area contributed by atoms with Gasteiger partial charge in [0.15, 0.2) is 6.10 Å². The molecule has 0 heterocycles. The summed E-state index contributed by atoms with van der Waals surface area (Å²) in [5.74, 6) is -0.888. The fourth-order valence-corrected chi connectivity index (χ4v) is 7.92. The molecule has 0 saturated carbocycles. The Balaban J connectivity index is 4.35. The maximum Gasteiger partial charge on any atom is 0.306 e. The summed E-state index contributed by atoms with van der Waals surface area (Å²) in [7, 11) is 0. The monoisotopic (exact) mass is 897 g/mol. The zero-order chi connectivity index (χ0) is 46.5. The first kappa shape index (κ1) is 61.4. The number of unbranched alkanes of at least 4 members (excludes halogenated alkanes) is 31. The van der Waals surface area contributed by atoms with Crippen molar-refractivity contribution in [2.24, 2.45) is 0 Å². The molecule has 1 unspecified atom stereocenters. The Morgan fingerprint density at radius 3 is 0.984 bits per heavy atom. The van der Waals surface area contributed by atoms with Crippen molar-refractivity contribution in [3.63, 3.8) is 0 Å². The summed E-state index contributed by atoms with van der Waals surface area (Å²) in [5.41, 5.74) is 0. The molecule has 372 valence electrons. The van der Waals surface area contributed by atoms with Crippen LogP contribution in [0.1, 0.15) is 284 Å². The number of hydrogen-bond acceptors (Lipinski definition) is 6. The summed E-state index contributed by atoms with van der Waals surface area (Å²) in [6.45, 7) is 6.53. The second-order valence-corrected chi connectivity index (χ2v) is 18.5. The molecule has 6 heteroatoms. The summed E-state index contributed by atoms with van der Waals surface area (Å²) in [6.07, 6.45) is 63.8. The van der Waals surface area contributed by atoms with E-state index < -0.39 is 6.10 Å². The SMILES string of the molecule is CC/C=C\C/C=C\C/C=C\CCCCCCCCCCCC(=O)OCC(COC(=O)CCCCCCCCCCCCCCC)OC(=O)CCCCC/C=C\CCCCCCCCC. The van der Waals surface area contributed by atoms with Gasteiger partial charge >= 0.3 is 17.9 Å². The number of hydrogen-bond donors (Lipinski definition) is 0. The lowest BCUT2D eigenvalue weighted by Crippen LogP contribution is -2.30.